The number of amides is 4. The highest BCUT2D eigenvalue weighted by Crippen LogP contribution is 2.42. The van der Waals surface area contributed by atoms with Gasteiger partial charge in [0.25, 0.3) is 0 Å². The van der Waals surface area contributed by atoms with Crippen LogP contribution in [0.5, 0.6) is 0 Å². The van der Waals surface area contributed by atoms with Gasteiger partial charge >= 0.3 is 0 Å². The van der Waals surface area contributed by atoms with Gasteiger partial charge in [0.05, 0.1) is 71.7 Å². The molecule has 0 saturated carbocycles. The van der Waals surface area contributed by atoms with Crippen LogP contribution in [0.2, 0.25) is 0 Å². The van der Waals surface area contributed by atoms with Crippen LogP contribution in [0.4, 0.5) is 0 Å². The van der Waals surface area contributed by atoms with E-state index >= 15 is 0 Å². The van der Waals surface area contributed by atoms with Gasteiger partial charge in [-0.05, 0) is 13.8 Å². The number of aliphatic hydroxyl groups excluding tert-OH is 28. The summed E-state index contributed by atoms with van der Waals surface area (Å²) >= 11 is 0. The maximum Gasteiger partial charge on any atom is 0.217 e. The van der Waals surface area contributed by atoms with Crippen molar-refractivity contribution in [2.75, 3.05) is 59.5 Å². The molecule has 0 spiro atoms. The minimum atomic E-state index is -2.63. The smallest absolute Gasteiger partial charge is 0.217 e. The molecule has 4 amide bonds. The summed E-state index contributed by atoms with van der Waals surface area (Å²) in [4.78, 5) is 52.5. The highest BCUT2D eigenvalue weighted by atomic mass is 16.8. The summed E-state index contributed by atoms with van der Waals surface area (Å²) in [5.74, 6) is -3.87. The Morgan fingerprint density at radius 1 is 0.246 bits per heavy atom. The van der Waals surface area contributed by atoms with Gasteiger partial charge in [-0.15, -0.1) is 0 Å². The fourth-order valence-corrected chi connectivity index (χ4v) is 16.9. The zero-order valence-electron chi connectivity index (χ0n) is 70.3. The number of carbonyl (C=O) groups excluding carboxylic acids is 4. The minimum Gasteiger partial charge on any atom is -0.394 e. The summed E-state index contributed by atoms with van der Waals surface area (Å²) in [6.07, 6.45) is -106. The number of hydrogen-bond donors (Lipinski definition) is 32. The molecule has 130 heavy (non-hydrogen) atoms. The van der Waals surface area contributed by atoms with Gasteiger partial charge in [-0.3, -0.25) is 19.2 Å². The van der Waals surface area contributed by atoms with Crippen molar-refractivity contribution in [1.29, 1.82) is 0 Å². The van der Waals surface area contributed by atoms with Crippen molar-refractivity contribution in [3.63, 3.8) is 0 Å². The number of ether oxygens (including phenoxy) is 21. The highest BCUT2D eigenvalue weighted by Gasteiger charge is 2.63. The molecule has 54 atom stereocenters. The fourth-order valence-electron chi connectivity index (χ4n) is 16.9. The second kappa shape index (κ2) is 46.1. The average Bonchev–Trinajstić information content (AvgIpc) is 0.759. The van der Waals surface area contributed by atoms with Crippen molar-refractivity contribution < 1.29 is 262 Å². The van der Waals surface area contributed by atoms with Crippen molar-refractivity contribution >= 4 is 23.6 Å². The van der Waals surface area contributed by atoms with Crippen LogP contribution in [-0.2, 0) is 119 Å². The topological polar surface area (TPSA) is 877 Å². The predicted octanol–water partition coefficient (Wildman–Crippen LogP) is -21.7. The first kappa shape index (κ1) is 106. The zero-order valence-corrected chi connectivity index (χ0v) is 70.3. The van der Waals surface area contributed by atoms with Crippen molar-refractivity contribution in [3.8, 4) is 0 Å². The first-order chi connectivity index (χ1) is 61.4. The Bertz CT molecular complexity index is 3560. The SMILES string of the molecule is CC(=O)N[C@@H]1[C@@H](O[C@H]2O[C@H](C)[C@H](O)[C@H](O)[C@H]2O)[C@H](O[C@@H]2O[C@H](CO)[C@@H](O[C@@H]3O[C@H](CO[C@H]4O[C@H](CO)[C@@H](O)[C@H](O)[C@@H]4O[C@@H]4O[C@H](CO[C@H]5O[C@H](C)[C@H](O)[C@H](O)[C@H]5O)[C@@H](O[C@@H]5O[C@H](CO)[C@H](O)[C@H](O)[C@H]5O)[C@H](O)[C@H]4NC(C)=O)[C@@H](O)[C@H](O[C@H]4O[C@H](CO)[C@@H](O)[C@H](O)[C@@H]4O[C@@H]4O[C@H](CO)[C@@H](O)[C@H](O)[C@H]4NC(C)=O)[C@@H]3O[C@@H]3OC[C@@H](O)[C@H](O)[C@H]3O)[C@H](O)[C@H]2NC(C)=O)[C@@H](CO)O[C@H]1O. The third-order valence-electron chi connectivity index (χ3n) is 24.1. The molecule has 11 aliphatic heterocycles. The largest absolute Gasteiger partial charge is 0.394 e. The quantitative estimate of drug-likeness (QED) is 0.0297. The molecule has 57 heteroatoms. The van der Waals surface area contributed by atoms with E-state index in [2.05, 4.69) is 21.3 Å². The molecule has 11 aliphatic rings. The Labute approximate surface area is 736 Å². The molecular formula is C73H122N4O53. The number of nitrogens with one attached hydrogen (secondary N) is 4. The molecule has 57 nitrogen and oxygen atoms in total. The van der Waals surface area contributed by atoms with Crippen molar-refractivity contribution in [3.05, 3.63) is 0 Å². The molecule has 11 saturated heterocycles. The lowest BCUT2D eigenvalue weighted by Crippen LogP contribution is -2.71. The van der Waals surface area contributed by atoms with E-state index in [1.807, 2.05) is 0 Å². The maximum absolute atomic E-state index is 13.6. The Kier molecular flexibility index (Phi) is 37.7. The lowest BCUT2D eigenvalue weighted by molar-refractivity contribution is -0.412. The van der Waals surface area contributed by atoms with E-state index in [4.69, 9.17) is 99.5 Å². The molecule has 11 fully saturated rings. The van der Waals surface area contributed by atoms with Gasteiger partial charge in [0.2, 0.25) is 23.6 Å². The maximum atomic E-state index is 13.6. The van der Waals surface area contributed by atoms with E-state index < -0.39 is 415 Å². The minimum absolute atomic E-state index is 0.887. The van der Waals surface area contributed by atoms with Crippen molar-refractivity contribution in [2.24, 2.45) is 0 Å². The zero-order chi connectivity index (χ0) is 95.5. The van der Waals surface area contributed by atoms with Gasteiger partial charge in [0, 0.05) is 27.7 Å². The van der Waals surface area contributed by atoms with Crippen LogP contribution >= 0.6 is 0 Å². The van der Waals surface area contributed by atoms with Gasteiger partial charge in [0.15, 0.2) is 69.2 Å². The van der Waals surface area contributed by atoms with E-state index in [1.165, 1.54) is 13.8 Å². The van der Waals surface area contributed by atoms with E-state index in [0.717, 1.165) is 27.7 Å². The van der Waals surface area contributed by atoms with E-state index in [0.29, 0.717) is 0 Å². The number of hydrogen-bond acceptors (Lipinski definition) is 53. The van der Waals surface area contributed by atoms with Crippen LogP contribution in [0.1, 0.15) is 41.5 Å². The summed E-state index contributed by atoms with van der Waals surface area (Å²) in [5, 5.41) is 325. The average molecular weight is 1900 g/mol. The monoisotopic (exact) mass is 1900 g/mol. The van der Waals surface area contributed by atoms with Gasteiger partial charge in [-0.25, -0.2) is 0 Å². The molecule has 32 N–H and O–H groups in total. The molecule has 752 valence electrons. The summed E-state index contributed by atoms with van der Waals surface area (Å²) in [6.45, 7) is -4.01. The molecule has 0 aromatic heterocycles. The van der Waals surface area contributed by atoms with Gasteiger partial charge in [-0.2, -0.15) is 0 Å². The Hall–Kier alpha value is -4.08. The van der Waals surface area contributed by atoms with E-state index in [9.17, 15) is 162 Å². The van der Waals surface area contributed by atoms with E-state index in [1.54, 1.807) is 0 Å². The van der Waals surface area contributed by atoms with Crippen LogP contribution < -0.4 is 21.3 Å². The second-order valence-corrected chi connectivity index (χ2v) is 33.3. The highest BCUT2D eigenvalue weighted by molar-refractivity contribution is 5.74. The molecule has 0 aromatic rings. The van der Waals surface area contributed by atoms with Crippen LogP contribution in [-0.4, -0.2) is 557 Å². The van der Waals surface area contributed by atoms with Crippen LogP contribution in [0.15, 0.2) is 0 Å². The lowest BCUT2D eigenvalue weighted by atomic mass is 9.93. The van der Waals surface area contributed by atoms with Crippen molar-refractivity contribution in [2.45, 2.75) is 373 Å². The molecule has 0 aromatic carbocycles. The summed E-state index contributed by atoms with van der Waals surface area (Å²) < 4.78 is 128. The Morgan fingerprint density at radius 3 is 1.07 bits per heavy atom. The third-order valence-corrected chi connectivity index (χ3v) is 24.1. The van der Waals surface area contributed by atoms with Gasteiger partial charge in [-0.1, -0.05) is 0 Å². The third kappa shape index (κ3) is 23.4. The van der Waals surface area contributed by atoms with Crippen LogP contribution in [0.25, 0.3) is 0 Å². The molecule has 0 radical (unpaired) electrons. The van der Waals surface area contributed by atoms with Gasteiger partial charge in [0.1, 0.15) is 250 Å². The van der Waals surface area contributed by atoms with Crippen LogP contribution in [0.3, 0.4) is 0 Å². The Morgan fingerprint density at radius 2 is 0.562 bits per heavy atom. The van der Waals surface area contributed by atoms with E-state index in [-0.39, 0.29) is 0 Å². The molecule has 0 unspecified atom stereocenters. The van der Waals surface area contributed by atoms with Crippen LogP contribution in [0, 0.1) is 0 Å². The molecule has 0 bridgehead atoms. The first-order valence-corrected chi connectivity index (χ1v) is 41.8. The Balaban J connectivity index is 0.996. The molecule has 11 heterocycles. The second-order valence-electron chi connectivity index (χ2n) is 33.3. The lowest BCUT2D eigenvalue weighted by Gasteiger charge is -2.52. The number of carbonyl (C=O) groups is 4. The van der Waals surface area contributed by atoms with Gasteiger partial charge < -0.3 is 264 Å². The standard InChI is InChI=1S/C73H122N4O53/c1-16-35(89)46(100)52(106)67(113-16)111-15-30-56(123-70-54(108)48(102)39(93)24(8-79)117-70)45(99)33(76-20(5)86)66(122-30)128-60-49(103)40(94)25(9-80)118-71(60)112-14-29-42(96)59(127-72-61(50(104)41(95)26(10-81)119-72)129-64-31(74-18(3)84)43(97)38(92)23(7-78)116-64)62(130-68-51(105)37(91)22(88)13-110-68)73(121-29)124-55-27(11-82)120-65(32(44(55)98)75-19(4)85)125-57-28(12-83)115-63(109)34(77-21(6)87)58(57)126-69-53(107)47(101)36(90)17(2)114-69/h16-17,22-73,78-83,88-109H,7-15H2,1-6H3,(H,74,84)(H,75,85)(H,76,86)(H,77,87)/t16-,17-,22-,23-,24-,25-,26-,27-,28-,29-,30-,31-,32-,33-,34-,35+,36+,37+,38-,39+,40-,41-,42-,43-,44-,45-,46+,47+,48+,49+,50+,51-,52-,53-,54-,55-,56-,57-,58-,59+,60+,61+,62+,63-,64+,65+,66+,67+,68+,69-,70+,71+,72-,73+/m1/s1. The summed E-state index contributed by atoms with van der Waals surface area (Å²) in [5.41, 5.74) is 0. The summed E-state index contributed by atoms with van der Waals surface area (Å²) in [7, 11) is 0. The van der Waals surface area contributed by atoms with Crippen molar-refractivity contribution in [1.82, 2.24) is 21.3 Å². The molecular weight excluding hydrogens is 1780 g/mol. The summed E-state index contributed by atoms with van der Waals surface area (Å²) in [6, 6.07) is -7.88. The normalized spacial score (nSPS) is 50.4. The fraction of sp³-hybridized carbons (Fsp3) is 0.945. The number of aliphatic hydroxyl groups is 28. The number of rotatable bonds is 32. The molecule has 11 rings (SSSR count). The molecule has 0 aliphatic carbocycles. The predicted molar refractivity (Wildman–Crippen MR) is 400 cm³/mol. The first-order valence-electron chi connectivity index (χ1n) is 41.8.